The highest BCUT2D eigenvalue weighted by atomic mass is 32.1. The largest absolute Gasteiger partial charge is 0.306 e. The van der Waals surface area contributed by atoms with Gasteiger partial charge in [-0.3, -0.25) is 14.7 Å². The van der Waals surface area contributed by atoms with Crippen molar-refractivity contribution in [2.24, 2.45) is 0 Å². The Kier molecular flexibility index (Phi) is 4.19. The van der Waals surface area contributed by atoms with Crippen LogP contribution in [0, 0.1) is 13.8 Å². The maximum absolute atomic E-state index is 12.6. The Morgan fingerprint density at radius 2 is 2.04 bits per heavy atom. The number of aromatic amines is 1. The molecule has 1 aliphatic heterocycles. The van der Waals surface area contributed by atoms with E-state index in [2.05, 4.69) is 24.8 Å². The van der Waals surface area contributed by atoms with Crippen molar-refractivity contribution in [1.82, 2.24) is 24.8 Å². The van der Waals surface area contributed by atoms with E-state index in [0.29, 0.717) is 12.4 Å². The molecule has 0 atom stereocenters. The van der Waals surface area contributed by atoms with Crippen molar-refractivity contribution in [1.29, 1.82) is 0 Å². The first-order valence-corrected chi connectivity index (χ1v) is 9.09. The standard InChI is InChI=1S/C18H19N5OS/c1-11-16(25-12(2)20-11)10-23-8-5-15-14(9-23)18(24)22-17(21-15)13-3-6-19-7-4-13/h3-4,6-7H,5,8-10H2,1-2H3,(H,21,22,24). The number of nitrogens with one attached hydrogen (secondary N) is 1. The molecule has 0 aliphatic carbocycles. The highest BCUT2D eigenvalue weighted by Crippen LogP contribution is 2.23. The predicted molar refractivity (Wildman–Crippen MR) is 97.5 cm³/mol. The summed E-state index contributed by atoms with van der Waals surface area (Å²) in [5.41, 5.74) is 3.62. The van der Waals surface area contributed by atoms with Crippen LogP contribution < -0.4 is 5.56 Å². The van der Waals surface area contributed by atoms with Crippen molar-refractivity contribution in [2.45, 2.75) is 33.4 Å². The van der Waals surface area contributed by atoms with Gasteiger partial charge in [-0.1, -0.05) is 0 Å². The third kappa shape index (κ3) is 3.25. The number of nitrogens with zero attached hydrogens (tertiary/aromatic N) is 4. The lowest BCUT2D eigenvalue weighted by Crippen LogP contribution is -2.35. The molecule has 7 heteroatoms. The first kappa shape index (κ1) is 16.1. The fourth-order valence-electron chi connectivity index (χ4n) is 3.19. The number of hydrogen-bond acceptors (Lipinski definition) is 6. The normalized spacial score (nSPS) is 14.5. The van der Waals surface area contributed by atoms with Crippen molar-refractivity contribution >= 4 is 11.3 Å². The van der Waals surface area contributed by atoms with Crippen molar-refractivity contribution in [3.05, 3.63) is 61.7 Å². The third-order valence-electron chi connectivity index (χ3n) is 4.47. The zero-order chi connectivity index (χ0) is 17.4. The van der Waals surface area contributed by atoms with Gasteiger partial charge >= 0.3 is 0 Å². The van der Waals surface area contributed by atoms with Crippen LogP contribution in [0.1, 0.15) is 26.8 Å². The van der Waals surface area contributed by atoms with Crippen LogP contribution in [0.5, 0.6) is 0 Å². The molecule has 0 saturated carbocycles. The van der Waals surface area contributed by atoms with E-state index < -0.39 is 0 Å². The lowest BCUT2D eigenvalue weighted by Gasteiger charge is -2.27. The number of aromatic nitrogens is 4. The molecule has 0 spiro atoms. The zero-order valence-electron chi connectivity index (χ0n) is 14.2. The summed E-state index contributed by atoms with van der Waals surface area (Å²) in [5, 5.41) is 1.09. The van der Waals surface area contributed by atoms with Gasteiger partial charge in [0, 0.05) is 48.9 Å². The van der Waals surface area contributed by atoms with Crippen LogP contribution in [-0.4, -0.2) is 31.4 Å². The molecule has 3 aromatic heterocycles. The number of H-pyrrole nitrogens is 1. The molecule has 4 heterocycles. The van der Waals surface area contributed by atoms with Crippen molar-refractivity contribution in [3.63, 3.8) is 0 Å². The second-order valence-electron chi connectivity index (χ2n) is 6.28. The minimum Gasteiger partial charge on any atom is -0.306 e. The minimum atomic E-state index is -0.0429. The summed E-state index contributed by atoms with van der Waals surface area (Å²) in [6.45, 7) is 6.44. The van der Waals surface area contributed by atoms with Gasteiger partial charge in [-0.15, -0.1) is 11.3 Å². The molecule has 3 aromatic rings. The average molecular weight is 353 g/mol. The Morgan fingerprint density at radius 1 is 1.24 bits per heavy atom. The molecule has 0 unspecified atom stereocenters. The van der Waals surface area contributed by atoms with E-state index in [9.17, 15) is 4.79 Å². The molecular formula is C18H19N5OS. The number of thiazole rings is 1. The highest BCUT2D eigenvalue weighted by Gasteiger charge is 2.22. The fraction of sp³-hybridized carbons (Fsp3) is 0.333. The Balaban J connectivity index is 1.59. The Hall–Kier alpha value is -2.38. The van der Waals surface area contributed by atoms with Crippen LogP contribution in [0.25, 0.3) is 11.4 Å². The van der Waals surface area contributed by atoms with E-state index in [0.717, 1.165) is 47.0 Å². The van der Waals surface area contributed by atoms with Crippen molar-refractivity contribution in [2.75, 3.05) is 6.54 Å². The van der Waals surface area contributed by atoms with Crippen LogP contribution >= 0.6 is 11.3 Å². The van der Waals surface area contributed by atoms with Gasteiger partial charge in [0.15, 0.2) is 0 Å². The molecule has 0 bridgehead atoms. The highest BCUT2D eigenvalue weighted by molar-refractivity contribution is 7.11. The van der Waals surface area contributed by atoms with E-state index in [4.69, 9.17) is 0 Å². The van der Waals surface area contributed by atoms with E-state index >= 15 is 0 Å². The Morgan fingerprint density at radius 3 is 2.76 bits per heavy atom. The first-order chi connectivity index (χ1) is 12.1. The maximum Gasteiger partial charge on any atom is 0.255 e. The topological polar surface area (TPSA) is 74.8 Å². The first-order valence-electron chi connectivity index (χ1n) is 8.28. The van der Waals surface area contributed by atoms with Gasteiger partial charge in [-0.05, 0) is 26.0 Å². The van der Waals surface area contributed by atoms with Crippen molar-refractivity contribution in [3.8, 4) is 11.4 Å². The fourth-order valence-corrected chi connectivity index (χ4v) is 4.17. The molecule has 4 rings (SSSR count). The summed E-state index contributed by atoms with van der Waals surface area (Å²) in [4.78, 5) is 32.3. The van der Waals surface area contributed by atoms with Gasteiger partial charge in [-0.25, -0.2) is 9.97 Å². The van der Waals surface area contributed by atoms with Crippen LogP contribution in [0.2, 0.25) is 0 Å². The van der Waals surface area contributed by atoms with Gasteiger partial charge < -0.3 is 4.98 Å². The van der Waals surface area contributed by atoms with Gasteiger partial charge in [-0.2, -0.15) is 0 Å². The van der Waals surface area contributed by atoms with Crippen LogP contribution in [0.3, 0.4) is 0 Å². The number of fused-ring (bicyclic) bond motifs is 1. The molecule has 0 aromatic carbocycles. The van der Waals surface area contributed by atoms with E-state index in [1.807, 2.05) is 26.0 Å². The van der Waals surface area contributed by atoms with Gasteiger partial charge in [0.25, 0.3) is 5.56 Å². The lowest BCUT2D eigenvalue weighted by atomic mass is 10.1. The molecule has 0 fully saturated rings. The molecule has 25 heavy (non-hydrogen) atoms. The SMILES string of the molecule is Cc1nc(C)c(CN2CCc3nc(-c4ccncc4)[nH]c(=O)c3C2)s1. The molecule has 0 saturated heterocycles. The monoisotopic (exact) mass is 353 g/mol. The van der Waals surface area contributed by atoms with Gasteiger partial charge in [0.1, 0.15) is 5.82 Å². The molecule has 0 radical (unpaired) electrons. The number of pyridine rings is 1. The van der Waals surface area contributed by atoms with E-state index in [1.54, 1.807) is 23.7 Å². The Labute approximate surface area is 149 Å². The second kappa shape index (κ2) is 6.50. The summed E-state index contributed by atoms with van der Waals surface area (Å²) >= 11 is 1.73. The summed E-state index contributed by atoms with van der Waals surface area (Å²) in [7, 11) is 0. The smallest absolute Gasteiger partial charge is 0.255 e. The zero-order valence-corrected chi connectivity index (χ0v) is 15.1. The summed E-state index contributed by atoms with van der Waals surface area (Å²) in [6.07, 6.45) is 4.19. The maximum atomic E-state index is 12.6. The third-order valence-corrected chi connectivity index (χ3v) is 5.53. The van der Waals surface area contributed by atoms with Crippen LogP contribution in [0.15, 0.2) is 29.3 Å². The number of aryl methyl sites for hydroxylation is 2. The second-order valence-corrected chi connectivity index (χ2v) is 7.57. The van der Waals surface area contributed by atoms with Crippen LogP contribution in [-0.2, 0) is 19.5 Å². The lowest BCUT2D eigenvalue weighted by molar-refractivity contribution is 0.243. The summed E-state index contributed by atoms with van der Waals surface area (Å²) in [5.74, 6) is 0.619. The average Bonchev–Trinajstić information content (AvgIpc) is 2.93. The summed E-state index contributed by atoms with van der Waals surface area (Å²) in [6, 6.07) is 3.71. The predicted octanol–water partition coefficient (Wildman–Crippen LogP) is 2.46. The molecule has 128 valence electrons. The van der Waals surface area contributed by atoms with E-state index in [1.165, 1.54) is 4.88 Å². The van der Waals surface area contributed by atoms with Gasteiger partial charge in [0.2, 0.25) is 0 Å². The van der Waals surface area contributed by atoms with Gasteiger partial charge in [0.05, 0.1) is 22.0 Å². The molecule has 6 nitrogen and oxygen atoms in total. The van der Waals surface area contributed by atoms with Crippen molar-refractivity contribution < 1.29 is 0 Å². The molecular weight excluding hydrogens is 334 g/mol. The quantitative estimate of drug-likeness (QED) is 0.783. The summed E-state index contributed by atoms with van der Waals surface area (Å²) < 4.78 is 0. The van der Waals surface area contributed by atoms with E-state index in [-0.39, 0.29) is 5.56 Å². The Bertz CT molecular complexity index is 963. The number of rotatable bonds is 3. The minimum absolute atomic E-state index is 0.0429. The van der Waals surface area contributed by atoms with Crippen LogP contribution in [0.4, 0.5) is 0 Å². The molecule has 1 aliphatic rings. The number of hydrogen-bond donors (Lipinski definition) is 1. The molecule has 1 N–H and O–H groups in total. The molecule has 0 amide bonds.